The second kappa shape index (κ2) is 3.69. The fourth-order valence-electron chi connectivity index (χ4n) is 6.38. The largest absolute Gasteiger partial charge is 0.384 e. The minimum atomic E-state index is 0.254. The predicted molar refractivity (Wildman–Crippen MR) is 82.4 cm³/mol. The zero-order chi connectivity index (χ0) is 14.0. The molecule has 1 heterocycles. The van der Waals surface area contributed by atoms with Gasteiger partial charge < -0.3 is 11.1 Å². The lowest BCUT2D eigenvalue weighted by Gasteiger charge is -2.65. The number of aromatic nitrogens is 1. The molecule has 1 aromatic heterocycles. The molecule has 5 rings (SSSR count). The number of hydrogen-bond acceptors (Lipinski definition) is 3. The van der Waals surface area contributed by atoms with Crippen LogP contribution in [0.25, 0.3) is 0 Å². The molecular formula is C17H25N3. The third-order valence-electron chi connectivity index (χ3n) is 5.79. The maximum atomic E-state index is 5.83. The van der Waals surface area contributed by atoms with Gasteiger partial charge in [-0.2, -0.15) is 0 Å². The molecule has 0 radical (unpaired) electrons. The monoisotopic (exact) mass is 271 g/mol. The molecule has 1 aromatic rings. The normalized spacial score (nSPS) is 45.6. The van der Waals surface area contributed by atoms with Crippen molar-refractivity contribution in [2.24, 2.45) is 16.7 Å². The van der Waals surface area contributed by atoms with Crippen LogP contribution in [0.2, 0.25) is 0 Å². The van der Waals surface area contributed by atoms with Crippen LogP contribution < -0.4 is 11.1 Å². The standard InChI is InChI=1S/C17H25N3/c1-15-6-12-7-16(2,9-15)11-17(8-12,10-15)20-14-5-3-4-13(18)19-14/h3-5,12H,6-11H2,1-2H3,(H3,18,19,20). The Morgan fingerprint density at radius 1 is 1.10 bits per heavy atom. The fourth-order valence-corrected chi connectivity index (χ4v) is 6.38. The van der Waals surface area contributed by atoms with E-state index >= 15 is 0 Å². The van der Waals surface area contributed by atoms with Crippen molar-refractivity contribution < 1.29 is 0 Å². The van der Waals surface area contributed by atoms with E-state index in [1.54, 1.807) is 0 Å². The molecule has 108 valence electrons. The lowest BCUT2D eigenvalue weighted by atomic mass is 9.43. The fraction of sp³-hybridized carbons (Fsp3) is 0.706. The maximum Gasteiger partial charge on any atom is 0.128 e. The number of anilines is 2. The first kappa shape index (κ1) is 12.5. The van der Waals surface area contributed by atoms with Gasteiger partial charge in [0.05, 0.1) is 0 Å². The van der Waals surface area contributed by atoms with Gasteiger partial charge in [0.25, 0.3) is 0 Å². The van der Waals surface area contributed by atoms with Crippen LogP contribution in [0.4, 0.5) is 11.6 Å². The molecule has 4 fully saturated rings. The Balaban J connectivity index is 1.67. The summed E-state index contributed by atoms with van der Waals surface area (Å²) in [5.41, 5.74) is 7.14. The van der Waals surface area contributed by atoms with Gasteiger partial charge in [0, 0.05) is 5.54 Å². The summed E-state index contributed by atoms with van der Waals surface area (Å²) in [5.74, 6) is 2.46. The summed E-state index contributed by atoms with van der Waals surface area (Å²) in [5, 5.41) is 3.79. The van der Waals surface area contributed by atoms with E-state index in [1.165, 1.54) is 38.5 Å². The molecule has 2 atom stereocenters. The number of pyridine rings is 1. The maximum absolute atomic E-state index is 5.83. The molecule has 3 heteroatoms. The van der Waals surface area contributed by atoms with Crippen LogP contribution in [0, 0.1) is 16.7 Å². The Morgan fingerprint density at radius 2 is 1.80 bits per heavy atom. The van der Waals surface area contributed by atoms with Crippen LogP contribution in [-0.4, -0.2) is 10.5 Å². The lowest BCUT2D eigenvalue weighted by Crippen LogP contribution is -2.61. The smallest absolute Gasteiger partial charge is 0.128 e. The number of nitrogens with zero attached hydrogens (tertiary/aromatic N) is 1. The van der Waals surface area contributed by atoms with Gasteiger partial charge in [0.15, 0.2) is 0 Å². The van der Waals surface area contributed by atoms with Crippen molar-refractivity contribution in [2.45, 2.75) is 57.9 Å². The van der Waals surface area contributed by atoms with E-state index in [0.717, 1.165) is 11.7 Å². The van der Waals surface area contributed by atoms with E-state index < -0.39 is 0 Å². The Bertz CT molecular complexity index is 535. The van der Waals surface area contributed by atoms with Crippen LogP contribution >= 0.6 is 0 Å². The highest BCUT2D eigenvalue weighted by atomic mass is 15.1. The lowest BCUT2D eigenvalue weighted by molar-refractivity contribution is -0.0973. The molecule has 0 spiro atoms. The summed E-state index contributed by atoms with van der Waals surface area (Å²) in [6.45, 7) is 5.00. The molecule has 3 N–H and O–H groups in total. The molecule has 0 aliphatic heterocycles. The van der Waals surface area contributed by atoms with Crippen LogP contribution in [-0.2, 0) is 0 Å². The second-order valence-electron chi connectivity index (χ2n) is 8.48. The number of hydrogen-bond donors (Lipinski definition) is 2. The molecule has 0 aromatic carbocycles. The number of nitrogen functional groups attached to an aromatic ring is 1. The summed E-state index contributed by atoms with van der Waals surface area (Å²) in [4.78, 5) is 4.46. The van der Waals surface area contributed by atoms with Gasteiger partial charge in [-0.1, -0.05) is 19.9 Å². The summed E-state index contributed by atoms with van der Waals surface area (Å²) in [6, 6.07) is 5.90. The molecule has 20 heavy (non-hydrogen) atoms. The summed E-state index contributed by atoms with van der Waals surface area (Å²) in [6.07, 6.45) is 8.16. The third kappa shape index (κ3) is 1.90. The SMILES string of the molecule is CC12CC3CC(C)(C1)CC(Nc1cccc(N)n1)(C3)C2. The molecular weight excluding hydrogens is 246 g/mol. The van der Waals surface area contributed by atoms with Crippen molar-refractivity contribution in [3.63, 3.8) is 0 Å². The number of nitrogens with one attached hydrogen (secondary N) is 1. The van der Waals surface area contributed by atoms with E-state index in [0.29, 0.717) is 16.6 Å². The first-order valence-corrected chi connectivity index (χ1v) is 7.89. The van der Waals surface area contributed by atoms with E-state index in [-0.39, 0.29) is 5.54 Å². The van der Waals surface area contributed by atoms with Gasteiger partial charge in [-0.05, 0) is 67.4 Å². The summed E-state index contributed by atoms with van der Waals surface area (Å²) >= 11 is 0. The molecule has 4 bridgehead atoms. The van der Waals surface area contributed by atoms with Crippen molar-refractivity contribution in [3.8, 4) is 0 Å². The van der Waals surface area contributed by atoms with Crippen molar-refractivity contribution in [1.82, 2.24) is 4.98 Å². The van der Waals surface area contributed by atoms with Crippen molar-refractivity contribution in [3.05, 3.63) is 18.2 Å². The topological polar surface area (TPSA) is 50.9 Å². The van der Waals surface area contributed by atoms with E-state index in [1.807, 2.05) is 12.1 Å². The van der Waals surface area contributed by atoms with E-state index in [4.69, 9.17) is 5.73 Å². The molecule has 3 nitrogen and oxygen atoms in total. The molecule has 0 saturated heterocycles. The van der Waals surface area contributed by atoms with Crippen molar-refractivity contribution >= 4 is 11.6 Å². The quantitative estimate of drug-likeness (QED) is 0.859. The first-order chi connectivity index (χ1) is 9.38. The molecule has 4 aliphatic carbocycles. The molecule has 4 aliphatic rings. The Kier molecular flexibility index (Phi) is 2.30. The van der Waals surface area contributed by atoms with Crippen molar-refractivity contribution in [2.75, 3.05) is 11.1 Å². The predicted octanol–water partition coefficient (Wildman–Crippen LogP) is 3.82. The average Bonchev–Trinajstić information content (AvgIpc) is 2.22. The first-order valence-electron chi connectivity index (χ1n) is 7.89. The zero-order valence-corrected chi connectivity index (χ0v) is 12.6. The van der Waals surface area contributed by atoms with Crippen LogP contribution in [0.15, 0.2) is 18.2 Å². The minimum Gasteiger partial charge on any atom is -0.384 e. The highest BCUT2D eigenvalue weighted by Gasteiger charge is 2.60. The van der Waals surface area contributed by atoms with Gasteiger partial charge in [-0.15, -0.1) is 0 Å². The Hall–Kier alpha value is -1.25. The Morgan fingerprint density at radius 3 is 2.40 bits per heavy atom. The second-order valence-corrected chi connectivity index (χ2v) is 8.48. The van der Waals surface area contributed by atoms with Gasteiger partial charge in [0.1, 0.15) is 11.6 Å². The van der Waals surface area contributed by atoms with E-state index in [9.17, 15) is 0 Å². The third-order valence-corrected chi connectivity index (χ3v) is 5.79. The average molecular weight is 271 g/mol. The Labute approximate surface area is 121 Å². The van der Waals surface area contributed by atoms with Gasteiger partial charge in [-0.25, -0.2) is 4.98 Å². The minimum absolute atomic E-state index is 0.254. The van der Waals surface area contributed by atoms with Gasteiger partial charge in [0.2, 0.25) is 0 Å². The van der Waals surface area contributed by atoms with Gasteiger partial charge in [-0.3, -0.25) is 0 Å². The summed E-state index contributed by atoms with van der Waals surface area (Å²) in [7, 11) is 0. The molecule has 0 amide bonds. The van der Waals surface area contributed by atoms with E-state index in [2.05, 4.69) is 30.2 Å². The van der Waals surface area contributed by atoms with Crippen molar-refractivity contribution in [1.29, 1.82) is 0 Å². The van der Waals surface area contributed by atoms with Crippen LogP contribution in [0.5, 0.6) is 0 Å². The number of rotatable bonds is 2. The van der Waals surface area contributed by atoms with Gasteiger partial charge >= 0.3 is 0 Å². The summed E-state index contributed by atoms with van der Waals surface area (Å²) < 4.78 is 0. The number of nitrogens with two attached hydrogens (primary N) is 1. The molecule has 4 saturated carbocycles. The van der Waals surface area contributed by atoms with Crippen LogP contribution in [0.1, 0.15) is 52.4 Å². The van der Waals surface area contributed by atoms with Crippen LogP contribution in [0.3, 0.4) is 0 Å². The zero-order valence-electron chi connectivity index (χ0n) is 12.6. The molecule has 2 unspecified atom stereocenters. The highest BCUT2D eigenvalue weighted by Crippen LogP contribution is 2.66. The highest BCUT2D eigenvalue weighted by molar-refractivity contribution is 5.45.